The van der Waals surface area contributed by atoms with Crippen LogP contribution < -0.4 is 5.32 Å². The quantitative estimate of drug-likeness (QED) is 0.362. The summed E-state index contributed by atoms with van der Waals surface area (Å²) in [6, 6.07) is 19.6. The van der Waals surface area contributed by atoms with E-state index in [1.807, 2.05) is 24.3 Å². The lowest BCUT2D eigenvalue weighted by Gasteiger charge is -2.14. The van der Waals surface area contributed by atoms with Crippen LogP contribution in [-0.2, 0) is 10.2 Å². The summed E-state index contributed by atoms with van der Waals surface area (Å²) in [6.07, 6.45) is 0.739. The van der Waals surface area contributed by atoms with Crippen LogP contribution in [0.5, 0.6) is 0 Å². The van der Waals surface area contributed by atoms with E-state index in [1.165, 1.54) is 23.0 Å². The maximum Gasteiger partial charge on any atom is 0.507 e. The molecule has 0 unspecified atom stereocenters. The van der Waals surface area contributed by atoms with Gasteiger partial charge in [0.25, 0.3) is 0 Å². The van der Waals surface area contributed by atoms with E-state index in [0.29, 0.717) is 23.5 Å². The van der Waals surface area contributed by atoms with Gasteiger partial charge in [-0.1, -0.05) is 47.7 Å². The van der Waals surface area contributed by atoms with E-state index in [2.05, 4.69) is 34.6 Å². The van der Waals surface area contributed by atoms with Crippen molar-refractivity contribution < 1.29 is 19.0 Å². The molecule has 8 heteroatoms. The summed E-state index contributed by atoms with van der Waals surface area (Å²) in [4.78, 5) is 21.1. The van der Waals surface area contributed by atoms with E-state index in [-0.39, 0.29) is 17.2 Å². The highest BCUT2D eigenvalue weighted by Crippen LogP contribution is 2.53. The average Bonchev–Trinajstić information content (AvgIpc) is 3.33. The number of aromatic nitrogens is 2. The van der Waals surface area contributed by atoms with Crippen LogP contribution in [0.1, 0.15) is 42.0 Å². The van der Waals surface area contributed by atoms with Crippen molar-refractivity contribution in [3.8, 4) is 10.6 Å². The number of hydrogen-bond acceptors (Lipinski definition) is 6. The first-order chi connectivity index (χ1) is 16.5. The molecule has 2 fully saturated rings. The molecule has 0 amide bonds. The number of ether oxygens (including phenoxy) is 1. The third-order valence-electron chi connectivity index (χ3n) is 6.85. The molecule has 4 aromatic rings. The van der Waals surface area contributed by atoms with Crippen molar-refractivity contribution in [1.29, 1.82) is 0 Å². The van der Waals surface area contributed by atoms with Crippen LogP contribution in [0.4, 0.5) is 9.18 Å². The predicted molar refractivity (Wildman–Crippen MR) is 128 cm³/mol. The van der Waals surface area contributed by atoms with Crippen LogP contribution in [0.2, 0.25) is 0 Å². The summed E-state index contributed by atoms with van der Waals surface area (Å²) in [5.74, 6) is -0.359. The number of rotatable bonds is 5. The summed E-state index contributed by atoms with van der Waals surface area (Å²) < 4.78 is 19.9. The Morgan fingerprint density at radius 3 is 2.68 bits per heavy atom. The monoisotopic (exact) mass is 475 g/mol. The minimum atomic E-state index is -1.32. The Morgan fingerprint density at radius 2 is 1.94 bits per heavy atom. The second-order valence-corrected chi connectivity index (χ2v) is 9.92. The van der Waals surface area contributed by atoms with Gasteiger partial charge in [0.2, 0.25) is 0 Å². The fourth-order valence-electron chi connectivity index (χ4n) is 4.90. The first-order valence-electron chi connectivity index (χ1n) is 11.3. The molecule has 3 heterocycles. The van der Waals surface area contributed by atoms with E-state index in [4.69, 9.17) is 14.8 Å². The lowest BCUT2D eigenvalue weighted by molar-refractivity contribution is 0.0453. The number of nitrogens with zero attached hydrogens (tertiary/aromatic N) is 2. The van der Waals surface area contributed by atoms with Gasteiger partial charge in [0, 0.05) is 29.9 Å². The largest absolute Gasteiger partial charge is 0.507 e. The van der Waals surface area contributed by atoms with Gasteiger partial charge in [-0.05, 0) is 48.2 Å². The summed E-state index contributed by atoms with van der Waals surface area (Å²) in [6.45, 7) is 0.535. The Kier molecular flexibility index (Phi) is 5.08. The smallest absolute Gasteiger partial charge is 0.450 e. The fourth-order valence-corrected chi connectivity index (χ4v) is 5.86. The van der Waals surface area contributed by atoms with Gasteiger partial charge in [-0.3, -0.25) is 5.32 Å². The third-order valence-corrected chi connectivity index (χ3v) is 7.85. The van der Waals surface area contributed by atoms with E-state index < -0.39 is 12.4 Å². The summed E-state index contributed by atoms with van der Waals surface area (Å²) in [5.41, 5.74) is 4.33. The van der Waals surface area contributed by atoms with E-state index in [0.717, 1.165) is 34.4 Å². The second kappa shape index (κ2) is 8.14. The average molecular weight is 476 g/mol. The lowest BCUT2D eigenvalue weighted by Crippen LogP contribution is -2.26. The highest BCUT2D eigenvalue weighted by molar-refractivity contribution is 7.21. The predicted octanol–water partition coefficient (Wildman–Crippen LogP) is 5.67. The second-order valence-electron chi connectivity index (χ2n) is 8.94. The van der Waals surface area contributed by atoms with Gasteiger partial charge in [-0.25, -0.2) is 19.2 Å². The number of nitrogens with one attached hydrogen (secondary N) is 1. The Bertz CT molecular complexity index is 1390. The molecule has 34 heavy (non-hydrogen) atoms. The first kappa shape index (κ1) is 21.2. The standard InChI is InChI=1S/C26H22FN3O3S/c27-19-12-15(16-13-22(28-14-16)33-25(31)32)6-7-18(19)23-29-20-8-9-21(30-24(20)34-23)26(10-11-26)17-4-2-1-3-5-17/h1-9,12,16,22,28H,10-11,13-14H2,(H,31,32)/t16-,22+/m0/s1. The van der Waals surface area contributed by atoms with Crippen LogP contribution in [0.25, 0.3) is 20.9 Å². The Morgan fingerprint density at radius 1 is 1.12 bits per heavy atom. The molecule has 1 aliphatic carbocycles. The van der Waals surface area contributed by atoms with Crippen molar-refractivity contribution in [1.82, 2.24) is 15.3 Å². The number of thiazole rings is 1. The molecular weight excluding hydrogens is 453 g/mol. The minimum Gasteiger partial charge on any atom is -0.450 e. The van der Waals surface area contributed by atoms with Crippen molar-refractivity contribution in [3.05, 3.63) is 83.3 Å². The summed E-state index contributed by atoms with van der Waals surface area (Å²) in [5, 5.41) is 12.4. The highest BCUT2D eigenvalue weighted by Gasteiger charge is 2.47. The van der Waals surface area contributed by atoms with Gasteiger partial charge < -0.3 is 9.84 Å². The van der Waals surface area contributed by atoms with Crippen molar-refractivity contribution >= 4 is 27.8 Å². The molecule has 172 valence electrons. The van der Waals surface area contributed by atoms with E-state index in [1.54, 1.807) is 6.07 Å². The van der Waals surface area contributed by atoms with E-state index in [9.17, 15) is 4.79 Å². The molecule has 2 atom stereocenters. The Hall–Kier alpha value is -3.36. The molecule has 2 aromatic heterocycles. The third kappa shape index (κ3) is 3.73. The van der Waals surface area contributed by atoms with Crippen molar-refractivity contribution in [2.45, 2.75) is 36.8 Å². The van der Waals surface area contributed by atoms with Crippen molar-refractivity contribution in [3.63, 3.8) is 0 Å². The van der Waals surface area contributed by atoms with Crippen LogP contribution in [-0.4, -0.2) is 34.0 Å². The number of carboxylic acid groups (broad SMARTS) is 1. The van der Waals surface area contributed by atoms with Gasteiger partial charge in [-0.2, -0.15) is 0 Å². The zero-order valence-electron chi connectivity index (χ0n) is 18.2. The summed E-state index contributed by atoms with van der Waals surface area (Å²) in [7, 11) is 0. The van der Waals surface area contributed by atoms with Gasteiger partial charge in [-0.15, -0.1) is 0 Å². The molecule has 6 rings (SSSR count). The zero-order chi connectivity index (χ0) is 23.3. The number of carbonyl (C=O) groups is 1. The molecular formula is C26H22FN3O3S. The minimum absolute atomic E-state index is 0.0137. The van der Waals surface area contributed by atoms with Gasteiger partial charge in [0.05, 0.1) is 5.69 Å². The molecule has 2 N–H and O–H groups in total. The number of benzene rings is 2. The highest BCUT2D eigenvalue weighted by atomic mass is 32.1. The molecule has 1 saturated heterocycles. The molecule has 0 bridgehead atoms. The fraction of sp³-hybridized carbons (Fsp3) is 0.269. The van der Waals surface area contributed by atoms with Gasteiger partial charge in [0.15, 0.2) is 6.23 Å². The topological polar surface area (TPSA) is 84.3 Å². The number of halogens is 1. The van der Waals surface area contributed by atoms with Gasteiger partial charge in [0.1, 0.15) is 21.2 Å². The molecule has 1 aliphatic heterocycles. The normalized spacial score (nSPS) is 21.0. The van der Waals surface area contributed by atoms with Crippen LogP contribution in [0, 0.1) is 5.82 Å². The van der Waals surface area contributed by atoms with Crippen LogP contribution >= 0.6 is 11.3 Å². The number of pyridine rings is 1. The molecule has 6 nitrogen and oxygen atoms in total. The maximum absolute atomic E-state index is 15.1. The Balaban J connectivity index is 1.27. The number of fused-ring (bicyclic) bond motifs is 1. The van der Waals surface area contributed by atoms with Gasteiger partial charge >= 0.3 is 6.16 Å². The SMILES string of the molecule is O=C(O)O[C@@H]1C[C@H](c2ccc(-c3nc4ccc(C5(c6ccccc6)CC5)nc4s3)c(F)c2)CN1. The molecule has 0 spiro atoms. The van der Waals surface area contributed by atoms with Crippen molar-refractivity contribution in [2.75, 3.05) is 6.54 Å². The zero-order valence-corrected chi connectivity index (χ0v) is 19.0. The first-order valence-corrected chi connectivity index (χ1v) is 12.1. The molecule has 2 aromatic carbocycles. The Labute approximate surface area is 199 Å². The molecule has 1 saturated carbocycles. The van der Waals surface area contributed by atoms with Crippen LogP contribution in [0.15, 0.2) is 60.7 Å². The van der Waals surface area contributed by atoms with E-state index >= 15 is 4.39 Å². The van der Waals surface area contributed by atoms with Crippen molar-refractivity contribution in [2.24, 2.45) is 0 Å². The molecule has 0 radical (unpaired) electrons. The van der Waals surface area contributed by atoms with Crippen LogP contribution in [0.3, 0.4) is 0 Å². The number of hydrogen-bond donors (Lipinski definition) is 2. The maximum atomic E-state index is 15.1. The summed E-state index contributed by atoms with van der Waals surface area (Å²) >= 11 is 1.40. The molecule has 2 aliphatic rings. The lowest BCUT2D eigenvalue weighted by atomic mass is 9.92.